The van der Waals surface area contributed by atoms with Crippen LogP contribution >= 0.6 is 11.8 Å². The number of methoxy groups -OCH3 is 1. The average molecular weight is 456 g/mol. The summed E-state index contributed by atoms with van der Waals surface area (Å²) in [7, 11) is -2.06. The molecule has 1 fully saturated rings. The molecule has 0 radical (unpaired) electrons. The van der Waals surface area contributed by atoms with Crippen molar-refractivity contribution >= 4 is 21.8 Å². The lowest BCUT2D eigenvalue weighted by molar-refractivity contribution is 0.305. The standard InChI is InChI=1S/C24H25NO4S2/c1-18-15-22(11-12-23(18)28-2)31(26,27)25-13-14-30-24(25)20-9-6-10-21(16-20)29-17-19-7-4-3-5-8-19/h3-12,15-16,24H,13-14,17H2,1-2H3. The van der Waals surface area contributed by atoms with Crippen LogP contribution < -0.4 is 9.47 Å². The van der Waals surface area contributed by atoms with Crippen LogP contribution in [0.25, 0.3) is 0 Å². The van der Waals surface area contributed by atoms with Crippen LogP contribution in [0.5, 0.6) is 11.5 Å². The van der Waals surface area contributed by atoms with Crippen LogP contribution in [0.2, 0.25) is 0 Å². The molecule has 3 aromatic rings. The van der Waals surface area contributed by atoms with Crippen LogP contribution in [0, 0.1) is 6.92 Å². The fourth-order valence-corrected chi connectivity index (χ4v) is 6.93. The lowest BCUT2D eigenvalue weighted by Gasteiger charge is -2.24. The summed E-state index contributed by atoms with van der Waals surface area (Å²) >= 11 is 1.63. The smallest absolute Gasteiger partial charge is 0.244 e. The van der Waals surface area contributed by atoms with E-state index in [1.165, 1.54) is 0 Å². The molecule has 1 aliphatic rings. The van der Waals surface area contributed by atoms with E-state index in [1.807, 2.05) is 61.5 Å². The van der Waals surface area contributed by atoms with Crippen molar-refractivity contribution in [2.75, 3.05) is 19.4 Å². The number of hydrogen-bond donors (Lipinski definition) is 0. The third-order valence-corrected chi connectivity index (χ3v) is 8.47. The van der Waals surface area contributed by atoms with E-state index >= 15 is 0 Å². The van der Waals surface area contributed by atoms with Gasteiger partial charge in [-0.15, -0.1) is 11.8 Å². The van der Waals surface area contributed by atoms with Crippen molar-refractivity contribution in [1.82, 2.24) is 4.31 Å². The Bertz CT molecular complexity index is 1150. The third kappa shape index (κ3) is 4.74. The number of hydrogen-bond acceptors (Lipinski definition) is 5. The van der Waals surface area contributed by atoms with Crippen LogP contribution in [0.4, 0.5) is 0 Å². The lowest BCUT2D eigenvalue weighted by Crippen LogP contribution is -2.30. The molecule has 1 atom stereocenters. The molecular formula is C24H25NO4S2. The zero-order chi connectivity index (χ0) is 21.8. The third-order valence-electron chi connectivity index (χ3n) is 5.21. The van der Waals surface area contributed by atoms with E-state index in [0.717, 1.165) is 28.2 Å². The zero-order valence-electron chi connectivity index (χ0n) is 17.5. The monoisotopic (exact) mass is 455 g/mol. The Morgan fingerprint density at radius 1 is 1.03 bits per heavy atom. The van der Waals surface area contributed by atoms with Gasteiger partial charge in [-0.05, 0) is 53.9 Å². The highest BCUT2D eigenvalue weighted by molar-refractivity contribution is 8.01. The highest BCUT2D eigenvalue weighted by atomic mass is 32.2. The number of sulfonamides is 1. The first kappa shape index (κ1) is 21.7. The fourth-order valence-electron chi connectivity index (χ4n) is 3.61. The molecule has 0 saturated carbocycles. The minimum absolute atomic E-state index is 0.285. The Labute approximate surface area is 188 Å². The summed E-state index contributed by atoms with van der Waals surface area (Å²) in [5.41, 5.74) is 2.80. The van der Waals surface area contributed by atoms with Gasteiger partial charge in [-0.1, -0.05) is 42.5 Å². The van der Waals surface area contributed by atoms with Gasteiger partial charge in [-0.2, -0.15) is 4.31 Å². The van der Waals surface area contributed by atoms with E-state index < -0.39 is 10.0 Å². The van der Waals surface area contributed by atoms with E-state index in [2.05, 4.69) is 0 Å². The maximum Gasteiger partial charge on any atom is 0.244 e. The van der Waals surface area contributed by atoms with E-state index in [0.29, 0.717) is 18.9 Å². The zero-order valence-corrected chi connectivity index (χ0v) is 19.2. The van der Waals surface area contributed by atoms with E-state index in [1.54, 1.807) is 41.4 Å². The summed E-state index contributed by atoms with van der Waals surface area (Å²) in [6.07, 6.45) is 0. The lowest BCUT2D eigenvalue weighted by atomic mass is 10.2. The van der Waals surface area contributed by atoms with Gasteiger partial charge in [0.05, 0.1) is 17.4 Å². The molecule has 162 valence electrons. The molecular weight excluding hydrogens is 430 g/mol. The molecule has 5 nitrogen and oxygen atoms in total. The highest BCUT2D eigenvalue weighted by Gasteiger charge is 2.37. The molecule has 0 spiro atoms. The molecule has 7 heteroatoms. The maximum absolute atomic E-state index is 13.4. The number of thioether (sulfide) groups is 1. The van der Waals surface area contributed by atoms with E-state index in [9.17, 15) is 8.42 Å². The van der Waals surface area contributed by atoms with Gasteiger partial charge in [0, 0.05) is 12.3 Å². The molecule has 0 N–H and O–H groups in total. The summed E-state index contributed by atoms with van der Waals surface area (Å²) in [4.78, 5) is 0.287. The molecule has 0 amide bonds. The Balaban J connectivity index is 1.56. The first-order chi connectivity index (χ1) is 15.0. The number of nitrogens with zero attached hydrogens (tertiary/aromatic N) is 1. The summed E-state index contributed by atoms with van der Waals surface area (Å²) in [6, 6.07) is 22.7. The van der Waals surface area contributed by atoms with Gasteiger partial charge in [0.25, 0.3) is 0 Å². The molecule has 31 heavy (non-hydrogen) atoms. The van der Waals surface area contributed by atoms with Crippen molar-refractivity contribution in [3.8, 4) is 11.5 Å². The molecule has 0 bridgehead atoms. The Kier molecular flexibility index (Phi) is 6.55. The van der Waals surface area contributed by atoms with Crippen LogP contribution in [0.1, 0.15) is 22.1 Å². The Morgan fingerprint density at radius 2 is 1.84 bits per heavy atom. The minimum atomic E-state index is -3.64. The van der Waals surface area contributed by atoms with Crippen LogP contribution in [0.15, 0.2) is 77.7 Å². The van der Waals surface area contributed by atoms with Crippen molar-refractivity contribution in [3.63, 3.8) is 0 Å². The maximum atomic E-state index is 13.4. The van der Waals surface area contributed by atoms with Gasteiger partial charge in [0.1, 0.15) is 18.1 Å². The normalized spacial score (nSPS) is 16.9. The molecule has 1 unspecified atom stereocenters. The molecule has 4 rings (SSSR count). The number of aryl methyl sites for hydroxylation is 1. The second kappa shape index (κ2) is 9.34. The molecule has 3 aromatic carbocycles. The summed E-state index contributed by atoms with van der Waals surface area (Å²) < 4.78 is 39.6. The van der Waals surface area contributed by atoms with Gasteiger partial charge in [0.2, 0.25) is 10.0 Å². The number of rotatable bonds is 7. The predicted octanol–water partition coefficient (Wildman–Crippen LogP) is 5.02. The Hall–Kier alpha value is -2.48. The van der Waals surface area contributed by atoms with Gasteiger partial charge >= 0.3 is 0 Å². The van der Waals surface area contributed by atoms with Gasteiger partial charge < -0.3 is 9.47 Å². The minimum Gasteiger partial charge on any atom is -0.496 e. The topological polar surface area (TPSA) is 55.8 Å². The SMILES string of the molecule is COc1ccc(S(=O)(=O)N2CCSC2c2cccc(OCc3ccccc3)c2)cc1C. The van der Waals surface area contributed by atoms with E-state index in [4.69, 9.17) is 9.47 Å². The fraction of sp³-hybridized carbons (Fsp3) is 0.250. The second-order valence-corrected chi connectivity index (χ2v) is 10.4. The van der Waals surface area contributed by atoms with Crippen molar-refractivity contribution < 1.29 is 17.9 Å². The highest BCUT2D eigenvalue weighted by Crippen LogP contribution is 2.42. The molecule has 0 aliphatic carbocycles. The quantitative estimate of drug-likeness (QED) is 0.501. The molecule has 0 aromatic heterocycles. The summed E-state index contributed by atoms with van der Waals surface area (Å²) in [5.74, 6) is 2.15. The average Bonchev–Trinajstić information content (AvgIpc) is 3.29. The number of ether oxygens (including phenoxy) is 2. The molecule has 1 saturated heterocycles. The predicted molar refractivity (Wildman–Crippen MR) is 124 cm³/mol. The first-order valence-electron chi connectivity index (χ1n) is 10.0. The van der Waals surface area contributed by atoms with E-state index in [-0.39, 0.29) is 10.3 Å². The second-order valence-electron chi connectivity index (χ2n) is 7.32. The van der Waals surface area contributed by atoms with Crippen LogP contribution in [-0.2, 0) is 16.6 Å². The van der Waals surface area contributed by atoms with Gasteiger partial charge in [-0.25, -0.2) is 8.42 Å². The molecule has 1 heterocycles. The van der Waals surface area contributed by atoms with Gasteiger partial charge in [-0.3, -0.25) is 0 Å². The van der Waals surface area contributed by atoms with Gasteiger partial charge in [0.15, 0.2) is 0 Å². The van der Waals surface area contributed by atoms with Crippen molar-refractivity contribution in [2.45, 2.75) is 23.8 Å². The van der Waals surface area contributed by atoms with Crippen molar-refractivity contribution in [1.29, 1.82) is 0 Å². The first-order valence-corrected chi connectivity index (χ1v) is 12.5. The van der Waals surface area contributed by atoms with Crippen LogP contribution in [0.3, 0.4) is 0 Å². The Morgan fingerprint density at radius 3 is 2.58 bits per heavy atom. The molecule has 1 aliphatic heterocycles. The summed E-state index contributed by atoms with van der Waals surface area (Å²) in [6.45, 7) is 2.79. The number of benzene rings is 3. The summed E-state index contributed by atoms with van der Waals surface area (Å²) in [5, 5.41) is -0.285. The van der Waals surface area contributed by atoms with Crippen molar-refractivity contribution in [2.24, 2.45) is 0 Å². The largest absolute Gasteiger partial charge is 0.496 e. The van der Waals surface area contributed by atoms with Crippen LogP contribution in [-0.4, -0.2) is 32.1 Å². The van der Waals surface area contributed by atoms with Crippen molar-refractivity contribution in [3.05, 3.63) is 89.5 Å².